The van der Waals surface area contributed by atoms with Gasteiger partial charge in [-0.15, -0.1) is 0 Å². The van der Waals surface area contributed by atoms with Crippen LogP contribution < -0.4 is 5.32 Å². The normalized spacial score (nSPS) is 12.6. The van der Waals surface area contributed by atoms with E-state index in [1.54, 1.807) is 6.07 Å². The number of aliphatic hydroxyl groups excluding tert-OH is 2. The zero-order chi connectivity index (χ0) is 12.3. The van der Waals surface area contributed by atoms with Gasteiger partial charge in [0.2, 0.25) is 0 Å². The number of anilines is 1. The molecule has 0 aliphatic rings. The number of hydrogen-bond acceptors (Lipinski definition) is 3. The molecule has 90 valence electrons. The third-order valence-corrected chi connectivity index (χ3v) is 4.19. The minimum Gasteiger partial charge on any atom is -0.394 e. The van der Waals surface area contributed by atoms with Gasteiger partial charge in [0.1, 0.15) is 0 Å². The summed E-state index contributed by atoms with van der Waals surface area (Å²) in [6.07, 6.45) is -0.842. The van der Waals surface area contributed by atoms with Crippen molar-refractivity contribution in [1.29, 1.82) is 0 Å². The fourth-order valence-electron chi connectivity index (χ4n) is 1.01. The fraction of sp³-hybridized carbons (Fsp3) is 0.333. The number of hydrogen-bond donors (Lipinski definition) is 3. The van der Waals surface area contributed by atoms with Gasteiger partial charge in [0.15, 0.2) is 0 Å². The topological polar surface area (TPSA) is 52.5 Å². The first-order valence-corrected chi connectivity index (χ1v) is 6.67. The highest BCUT2D eigenvalue weighted by molar-refractivity contribution is 9.11. The van der Waals surface area contributed by atoms with E-state index in [0.717, 1.165) is 4.47 Å². The summed E-state index contributed by atoms with van der Waals surface area (Å²) >= 11 is 18.6. The van der Waals surface area contributed by atoms with Gasteiger partial charge in [-0.25, -0.2) is 0 Å². The van der Waals surface area contributed by atoms with Gasteiger partial charge < -0.3 is 15.5 Å². The predicted molar refractivity (Wildman–Crippen MR) is 73.4 cm³/mol. The molecule has 0 fully saturated rings. The number of aliphatic hydroxyl groups is 2. The summed E-state index contributed by atoms with van der Waals surface area (Å²) in [4.78, 5) is 0. The van der Waals surface area contributed by atoms with Gasteiger partial charge in [-0.2, -0.15) is 0 Å². The van der Waals surface area contributed by atoms with Crippen LogP contribution >= 0.6 is 55.1 Å². The lowest BCUT2D eigenvalue weighted by Crippen LogP contribution is -2.23. The second-order valence-electron chi connectivity index (χ2n) is 3.06. The second kappa shape index (κ2) is 6.42. The van der Waals surface area contributed by atoms with Crippen molar-refractivity contribution in [2.75, 3.05) is 18.5 Å². The molecule has 0 saturated heterocycles. The lowest BCUT2D eigenvalue weighted by molar-refractivity contribution is 0.105. The summed E-state index contributed by atoms with van der Waals surface area (Å²) in [6.45, 7) is -0.126. The Kier molecular flexibility index (Phi) is 5.84. The Bertz CT molecular complexity index is 390. The smallest absolute Gasteiger partial charge is 0.0942 e. The van der Waals surface area contributed by atoms with Crippen molar-refractivity contribution in [1.82, 2.24) is 0 Å². The fourth-order valence-corrected chi connectivity index (χ4v) is 2.96. The maximum Gasteiger partial charge on any atom is 0.0942 e. The van der Waals surface area contributed by atoms with Crippen LogP contribution in [0.2, 0.25) is 10.0 Å². The Morgan fingerprint density at radius 1 is 1.25 bits per heavy atom. The van der Waals surface area contributed by atoms with Crippen LogP contribution in [-0.2, 0) is 0 Å². The molecule has 1 atom stereocenters. The van der Waals surface area contributed by atoms with Gasteiger partial charge in [0, 0.05) is 15.5 Å². The summed E-state index contributed by atoms with van der Waals surface area (Å²) in [6, 6.07) is 1.75. The van der Waals surface area contributed by atoms with E-state index >= 15 is 0 Å². The highest BCUT2D eigenvalue weighted by atomic mass is 79.9. The first kappa shape index (κ1) is 14.5. The quantitative estimate of drug-likeness (QED) is 0.543. The third kappa shape index (κ3) is 3.48. The summed E-state index contributed by atoms with van der Waals surface area (Å²) < 4.78 is 1.40. The van der Waals surface area contributed by atoms with Gasteiger partial charge in [-0.1, -0.05) is 23.2 Å². The lowest BCUT2D eigenvalue weighted by atomic mass is 10.3. The summed E-state index contributed by atoms with van der Waals surface area (Å²) in [5, 5.41) is 21.5. The van der Waals surface area contributed by atoms with Gasteiger partial charge in [-0.3, -0.25) is 0 Å². The van der Waals surface area contributed by atoms with Gasteiger partial charge in [-0.05, 0) is 37.9 Å². The van der Waals surface area contributed by atoms with E-state index in [0.29, 0.717) is 20.2 Å². The average molecular weight is 394 g/mol. The molecule has 1 aromatic carbocycles. The molecule has 0 saturated carbocycles. The van der Waals surface area contributed by atoms with E-state index < -0.39 is 6.10 Å². The monoisotopic (exact) mass is 391 g/mol. The first-order valence-electron chi connectivity index (χ1n) is 4.33. The molecule has 3 nitrogen and oxygen atoms in total. The molecule has 0 radical (unpaired) electrons. The zero-order valence-electron chi connectivity index (χ0n) is 7.98. The molecule has 0 amide bonds. The molecule has 16 heavy (non-hydrogen) atoms. The minimum atomic E-state index is -0.842. The van der Waals surface area contributed by atoms with Crippen LogP contribution in [0.3, 0.4) is 0 Å². The Hall–Kier alpha value is 0.480. The summed E-state index contributed by atoms with van der Waals surface area (Å²) in [7, 11) is 0. The van der Waals surface area contributed by atoms with Crippen molar-refractivity contribution in [3.05, 3.63) is 25.1 Å². The molecule has 3 N–H and O–H groups in total. The number of halogens is 4. The molecule has 0 aliphatic heterocycles. The maximum atomic E-state index is 9.21. The zero-order valence-corrected chi connectivity index (χ0v) is 12.7. The van der Waals surface area contributed by atoms with Crippen molar-refractivity contribution < 1.29 is 10.2 Å². The van der Waals surface area contributed by atoms with E-state index in [9.17, 15) is 5.11 Å². The molecule has 1 aromatic rings. The van der Waals surface area contributed by atoms with Crippen molar-refractivity contribution in [2.45, 2.75) is 6.10 Å². The van der Waals surface area contributed by atoms with E-state index in [1.165, 1.54) is 0 Å². The molecule has 0 aliphatic carbocycles. The molecule has 1 unspecified atom stereocenters. The Labute approximate surface area is 120 Å². The average Bonchev–Trinajstić information content (AvgIpc) is 2.25. The second-order valence-corrected chi connectivity index (χ2v) is 5.53. The maximum absolute atomic E-state index is 9.21. The van der Waals surface area contributed by atoms with Crippen LogP contribution in [0.25, 0.3) is 0 Å². The van der Waals surface area contributed by atoms with Gasteiger partial charge >= 0.3 is 0 Å². The summed E-state index contributed by atoms with van der Waals surface area (Å²) in [5.41, 5.74) is 0.586. The van der Waals surface area contributed by atoms with Crippen LogP contribution in [0.5, 0.6) is 0 Å². The number of nitrogens with one attached hydrogen (secondary N) is 1. The lowest BCUT2D eigenvalue weighted by Gasteiger charge is -2.14. The highest BCUT2D eigenvalue weighted by Crippen LogP contribution is 2.41. The Morgan fingerprint density at radius 3 is 2.44 bits per heavy atom. The van der Waals surface area contributed by atoms with Crippen LogP contribution in [0.4, 0.5) is 5.69 Å². The van der Waals surface area contributed by atoms with E-state index in [1.807, 2.05) is 0 Å². The minimum absolute atomic E-state index is 0.187. The van der Waals surface area contributed by atoms with Crippen molar-refractivity contribution in [3.8, 4) is 0 Å². The number of rotatable bonds is 4. The van der Waals surface area contributed by atoms with Crippen LogP contribution in [0.15, 0.2) is 15.0 Å². The molecule has 0 spiro atoms. The molecular weight excluding hydrogens is 385 g/mol. The summed E-state index contributed by atoms with van der Waals surface area (Å²) in [5.74, 6) is 0. The van der Waals surface area contributed by atoms with E-state index in [4.69, 9.17) is 28.3 Å². The van der Waals surface area contributed by atoms with Crippen LogP contribution in [0.1, 0.15) is 0 Å². The van der Waals surface area contributed by atoms with E-state index in [2.05, 4.69) is 37.2 Å². The molecule has 0 bridgehead atoms. The third-order valence-electron chi connectivity index (χ3n) is 1.84. The van der Waals surface area contributed by atoms with Crippen molar-refractivity contribution in [3.63, 3.8) is 0 Å². The standard InChI is InChI=1S/C9H9Br2Cl2NO2/c10-5-1-6(11)9(8(13)7(5)12)14-2-4(16)3-15/h1,4,14-16H,2-3H2. The van der Waals surface area contributed by atoms with Crippen LogP contribution in [-0.4, -0.2) is 29.5 Å². The molecule has 0 heterocycles. The predicted octanol–water partition coefficient (Wildman–Crippen LogP) is 3.28. The molecule has 0 aromatic heterocycles. The number of benzene rings is 1. The Balaban J connectivity index is 2.92. The van der Waals surface area contributed by atoms with E-state index in [-0.39, 0.29) is 13.2 Å². The molecule has 7 heteroatoms. The molecular formula is C9H9Br2Cl2NO2. The van der Waals surface area contributed by atoms with Gasteiger partial charge in [0.05, 0.1) is 28.4 Å². The Morgan fingerprint density at radius 2 is 1.88 bits per heavy atom. The molecule has 1 rings (SSSR count). The highest BCUT2D eigenvalue weighted by Gasteiger charge is 2.13. The van der Waals surface area contributed by atoms with Crippen LogP contribution in [0, 0.1) is 0 Å². The van der Waals surface area contributed by atoms with Crippen molar-refractivity contribution >= 4 is 60.7 Å². The van der Waals surface area contributed by atoms with Crippen molar-refractivity contribution in [2.24, 2.45) is 0 Å². The first-order chi connectivity index (χ1) is 7.47. The van der Waals surface area contributed by atoms with Gasteiger partial charge in [0.25, 0.3) is 0 Å². The SMILES string of the molecule is OCC(O)CNc1c(Br)cc(Br)c(Cl)c1Cl. The largest absolute Gasteiger partial charge is 0.394 e.